The molecule has 10 nitrogen and oxygen atoms in total. The van der Waals surface area contributed by atoms with Crippen LogP contribution < -0.4 is 5.32 Å². The van der Waals surface area contributed by atoms with Gasteiger partial charge in [-0.3, -0.25) is 10.1 Å². The number of sulfonamides is 1. The molecule has 0 unspecified atom stereocenters. The molecule has 2 aromatic rings. The van der Waals surface area contributed by atoms with Gasteiger partial charge in [0.2, 0.25) is 15.9 Å². The molecule has 0 bridgehead atoms. The number of nitriles is 2. The summed E-state index contributed by atoms with van der Waals surface area (Å²) in [4.78, 5) is 12.5. The maximum atomic E-state index is 12.8. The van der Waals surface area contributed by atoms with Crippen LogP contribution in [0.2, 0.25) is 0 Å². The van der Waals surface area contributed by atoms with Gasteiger partial charge in [0.15, 0.2) is 0 Å². The summed E-state index contributed by atoms with van der Waals surface area (Å²) in [6.07, 6.45) is 5.45. The molecule has 0 atom stereocenters. The SMILES string of the molecule is N#CCCN(CCC#N)S(=O)(=O)c1ccc(C(=O)Nc2nnc(C3CCCCC3)o2)cc1. The summed E-state index contributed by atoms with van der Waals surface area (Å²) < 4.78 is 32.4. The summed E-state index contributed by atoms with van der Waals surface area (Å²) >= 11 is 0. The zero-order chi connectivity index (χ0) is 23.0. The quantitative estimate of drug-likeness (QED) is 0.603. The number of nitrogens with one attached hydrogen (secondary N) is 1. The van der Waals surface area contributed by atoms with Crippen LogP contribution in [-0.2, 0) is 10.0 Å². The maximum Gasteiger partial charge on any atom is 0.322 e. The van der Waals surface area contributed by atoms with E-state index in [-0.39, 0.29) is 48.3 Å². The molecule has 1 aliphatic carbocycles. The second kappa shape index (κ2) is 10.8. The molecule has 1 aromatic carbocycles. The summed E-state index contributed by atoms with van der Waals surface area (Å²) in [6.45, 7) is -0.0213. The first kappa shape index (κ1) is 23.4. The Morgan fingerprint density at radius 3 is 2.28 bits per heavy atom. The topological polar surface area (TPSA) is 153 Å². The lowest BCUT2D eigenvalue weighted by molar-refractivity contribution is 0.102. The van der Waals surface area contributed by atoms with Gasteiger partial charge in [-0.1, -0.05) is 24.4 Å². The van der Waals surface area contributed by atoms with Crippen LogP contribution in [0, 0.1) is 22.7 Å². The fourth-order valence-corrected chi connectivity index (χ4v) is 5.04. The Morgan fingerprint density at radius 1 is 1.06 bits per heavy atom. The van der Waals surface area contributed by atoms with Gasteiger partial charge in [-0.2, -0.15) is 14.8 Å². The number of hydrogen-bond donors (Lipinski definition) is 1. The van der Waals surface area contributed by atoms with E-state index >= 15 is 0 Å². The number of hydrogen-bond acceptors (Lipinski definition) is 8. The highest BCUT2D eigenvalue weighted by molar-refractivity contribution is 7.89. The lowest BCUT2D eigenvalue weighted by Gasteiger charge is -2.20. The standard InChI is InChI=1S/C21H24N6O4S/c22-12-4-14-27(15-5-13-23)32(29,30)18-10-8-16(9-11-18)19(28)24-21-26-25-20(31-21)17-6-2-1-3-7-17/h8-11,17H,1-7,14-15H2,(H,24,26,28). The van der Waals surface area contributed by atoms with Crippen LogP contribution in [0.5, 0.6) is 0 Å². The fourth-order valence-electron chi connectivity index (χ4n) is 3.60. The van der Waals surface area contributed by atoms with Crippen molar-refractivity contribution in [2.24, 2.45) is 0 Å². The Balaban J connectivity index is 1.67. The van der Waals surface area contributed by atoms with Crippen LogP contribution in [0.25, 0.3) is 0 Å². The van der Waals surface area contributed by atoms with E-state index < -0.39 is 15.9 Å². The molecule has 1 amide bonds. The molecule has 1 heterocycles. The number of anilines is 1. The molecule has 1 fully saturated rings. The summed E-state index contributed by atoms with van der Waals surface area (Å²) in [7, 11) is -3.90. The van der Waals surface area contributed by atoms with Gasteiger partial charge >= 0.3 is 6.01 Å². The van der Waals surface area contributed by atoms with E-state index in [1.807, 2.05) is 12.1 Å². The molecule has 0 saturated heterocycles. The monoisotopic (exact) mass is 456 g/mol. The van der Waals surface area contributed by atoms with Crippen molar-refractivity contribution < 1.29 is 17.6 Å². The van der Waals surface area contributed by atoms with Crippen molar-refractivity contribution in [2.75, 3.05) is 18.4 Å². The normalized spacial score (nSPS) is 14.6. The first-order chi connectivity index (χ1) is 15.5. The largest absolute Gasteiger partial charge is 0.408 e. The number of benzene rings is 1. The first-order valence-electron chi connectivity index (χ1n) is 10.4. The minimum atomic E-state index is -3.90. The second-order valence-electron chi connectivity index (χ2n) is 7.48. The summed E-state index contributed by atoms with van der Waals surface area (Å²) in [5, 5.41) is 28.0. The van der Waals surface area contributed by atoms with Crippen LogP contribution in [-0.4, -0.2) is 41.9 Å². The van der Waals surface area contributed by atoms with Crippen LogP contribution in [0.15, 0.2) is 33.6 Å². The molecular formula is C21H24N6O4S. The minimum absolute atomic E-state index is 0.00598. The van der Waals surface area contributed by atoms with Gasteiger partial charge in [0.1, 0.15) is 0 Å². The molecule has 0 aliphatic heterocycles. The third-order valence-corrected chi connectivity index (χ3v) is 7.23. The molecule has 1 aliphatic rings. The predicted octanol–water partition coefficient (Wildman–Crippen LogP) is 3.19. The Bertz CT molecular complexity index is 1090. The highest BCUT2D eigenvalue weighted by atomic mass is 32.2. The molecule has 1 aromatic heterocycles. The zero-order valence-electron chi connectivity index (χ0n) is 17.5. The van der Waals surface area contributed by atoms with Crippen LogP contribution in [0.4, 0.5) is 6.01 Å². The fraction of sp³-hybridized carbons (Fsp3) is 0.476. The highest BCUT2D eigenvalue weighted by Crippen LogP contribution is 2.32. The van der Waals surface area contributed by atoms with Crippen molar-refractivity contribution in [1.29, 1.82) is 10.5 Å². The van der Waals surface area contributed by atoms with Gasteiger partial charge in [0.25, 0.3) is 5.91 Å². The van der Waals surface area contributed by atoms with E-state index in [2.05, 4.69) is 15.5 Å². The predicted molar refractivity (Wildman–Crippen MR) is 114 cm³/mol. The van der Waals surface area contributed by atoms with Gasteiger partial charge in [-0.05, 0) is 37.1 Å². The molecular weight excluding hydrogens is 432 g/mol. The van der Waals surface area contributed by atoms with Crippen molar-refractivity contribution >= 4 is 21.9 Å². The van der Waals surface area contributed by atoms with Crippen molar-refractivity contribution in [3.05, 3.63) is 35.7 Å². The Morgan fingerprint density at radius 2 is 1.69 bits per heavy atom. The summed E-state index contributed by atoms with van der Waals surface area (Å²) in [5.41, 5.74) is 0.224. The second-order valence-corrected chi connectivity index (χ2v) is 9.42. The van der Waals surface area contributed by atoms with E-state index in [1.54, 1.807) is 0 Å². The summed E-state index contributed by atoms with van der Waals surface area (Å²) in [6, 6.07) is 9.22. The summed E-state index contributed by atoms with van der Waals surface area (Å²) in [5.74, 6) is 0.242. The van der Waals surface area contributed by atoms with E-state index in [4.69, 9.17) is 14.9 Å². The number of rotatable bonds is 9. The lowest BCUT2D eigenvalue weighted by Crippen LogP contribution is -2.32. The molecule has 0 radical (unpaired) electrons. The Hall–Kier alpha value is -3.28. The van der Waals surface area contributed by atoms with Gasteiger partial charge in [-0.15, -0.1) is 5.10 Å². The van der Waals surface area contributed by atoms with E-state index in [0.29, 0.717) is 5.89 Å². The van der Waals surface area contributed by atoms with E-state index in [9.17, 15) is 13.2 Å². The van der Waals surface area contributed by atoms with E-state index in [0.717, 1.165) is 30.0 Å². The minimum Gasteiger partial charge on any atom is -0.408 e. The maximum absolute atomic E-state index is 12.8. The van der Waals surface area contributed by atoms with Crippen molar-refractivity contribution in [2.45, 2.75) is 55.8 Å². The van der Waals surface area contributed by atoms with Crippen LogP contribution in [0.1, 0.15) is 67.1 Å². The first-order valence-corrected chi connectivity index (χ1v) is 11.9. The van der Waals surface area contributed by atoms with Gasteiger partial charge < -0.3 is 4.42 Å². The van der Waals surface area contributed by atoms with E-state index in [1.165, 1.54) is 30.7 Å². The van der Waals surface area contributed by atoms with Crippen molar-refractivity contribution in [1.82, 2.24) is 14.5 Å². The Labute approximate surface area is 186 Å². The van der Waals surface area contributed by atoms with Crippen molar-refractivity contribution in [3.63, 3.8) is 0 Å². The average molecular weight is 457 g/mol. The molecule has 1 saturated carbocycles. The molecule has 11 heteroatoms. The molecule has 168 valence electrons. The number of carbonyl (C=O) groups excluding carboxylic acids is 1. The van der Waals surface area contributed by atoms with Crippen molar-refractivity contribution in [3.8, 4) is 12.1 Å². The smallest absolute Gasteiger partial charge is 0.322 e. The zero-order valence-corrected chi connectivity index (χ0v) is 18.3. The van der Waals surface area contributed by atoms with Crippen LogP contribution >= 0.6 is 0 Å². The molecule has 1 N–H and O–H groups in total. The van der Waals surface area contributed by atoms with Gasteiger partial charge in [0.05, 0.1) is 17.0 Å². The number of aromatic nitrogens is 2. The average Bonchev–Trinajstić information content (AvgIpc) is 3.28. The molecule has 32 heavy (non-hydrogen) atoms. The molecule has 3 rings (SSSR count). The number of amides is 1. The third kappa shape index (κ3) is 5.69. The third-order valence-electron chi connectivity index (χ3n) is 5.32. The Kier molecular flexibility index (Phi) is 7.92. The number of carbonyl (C=O) groups is 1. The molecule has 0 spiro atoms. The lowest BCUT2D eigenvalue weighted by atomic mass is 9.89. The highest BCUT2D eigenvalue weighted by Gasteiger charge is 2.25. The van der Waals surface area contributed by atoms with Gasteiger partial charge in [0, 0.05) is 37.4 Å². The number of nitrogens with zero attached hydrogens (tertiary/aromatic N) is 5. The van der Waals surface area contributed by atoms with Crippen LogP contribution in [0.3, 0.4) is 0 Å². The van der Waals surface area contributed by atoms with Gasteiger partial charge in [-0.25, -0.2) is 8.42 Å².